The van der Waals surface area contributed by atoms with E-state index in [1.807, 2.05) is 13.8 Å². The molecular formula is C17H28N2O2. The number of anilines is 2. The van der Waals surface area contributed by atoms with Gasteiger partial charge in [-0.1, -0.05) is 0 Å². The van der Waals surface area contributed by atoms with Gasteiger partial charge in [0.25, 0.3) is 0 Å². The summed E-state index contributed by atoms with van der Waals surface area (Å²) in [7, 11) is 0. The van der Waals surface area contributed by atoms with Crippen molar-refractivity contribution in [2.75, 3.05) is 43.1 Å². The van der Waals surface area contributed by atoms with Gasteiger partial charge in [-0.2, -0.15) is 0 Å². The predicted octanol–water partition coefficient (Wildman–Crippen LogP) is 3.49. The molecule has 0 aliphatic carbocycles. The highest BCUT2D eigenvalue weighted by Gasteiger charge is 2.12. The summed E-state index contributed by atoms with van der Waals surface area (Å²) in [5.74, 6) is 0. The maximum absolute atomic E-state index is 5.54. The summed E-state index contributed by atoms with van der Waals surface area (Å²) in [4.78, 5) is 2.45. The minimum atomic E-state index is -0.101. The van der Waals surface area contributed by atoms with Crippen LogP contribution in [0.1, 0.15) is 33.1 Å². The minimum absolute atomic E-state index is 0.101. The number of benzene rings is 1. The van der Waals surface area contributed by atoms with Gasteiger partial charge in [-0.15, -0.1) is 0 Å². The van der Waals surface area contributed by atoms with Crippen LogP contribution in [0.25, 0.3) is 0 Å². The maximum atomic E-state index is 5.54. The summed E-state index contributed by atoms with van der Waals surface area (Å²) < 4.78 is 11.1. The fourth-order valence-corrected chi connectivity index (χ4v) is 2.69. The number of hydrogen-bond donors (Lipinski definition) is 1. The molecule has 0 saturated carbocycles. The van der Waals surface area contributed by atoms with Crippen molar-refractivity contribution in [3.8, 4) is 0 Å². The molecule has 1 heterocycles. The molecule has 0 bridgehead atoms. The van der Waals surface area contributed by atoms with Gasteiger partial charge in [-0.3, -0.25) is 0 Å². The second-order valence-electron chi connectivity index (χ2n) is 5.30. The summed E-state index contributed by atoms with van der Waals surface area (Å²) in [6.45, 7) is 8.61. The van der Waals surface area contributed by atoms with Crippen LogP contribution >= 0.6 is 0 Å². The van der Waals surface area contributed by atoms with Crippen LogP contribution in [0.15, 0.2) is 24.3 Å². The van der Waals surface area contributed by atoms with E-state index < -0.39 is 0 Å². The zero-order valence-electron chi connectivity index (χ0n) is 13.3. The zero-order valence-corrected chi connectivity index (χ0v) is 13.3. The lowest BCUT2D eigenvalue weighted by Crippen LogP contribution is -2.21. The summed E-state index contributed by atoms with van der Waals surface area (Å²) >= 11 is 0. The van der Waals surface area contributed by atoms with Gasteiger partial charge in [-0.05, 0) is 51.0 Å². The Labute approximate surface area is 128 Å². The smallest absolute Gasteiger partial charge is 0.159 e. The molecule has 4 heteroatoms. The molecule has 4 nitrogen and oxygen atoms in total. The third-order valence-electron chi connectivity index (χ3n) is 3.75. The SMILES string of the molecule is CCOC(CCNc1ccc(N2CCCC2)cc1)OCC. The quantitative estimate of drug-likeness (QED) is 0.706. The lowest BCUT2D eigenvalue weighted by Gasteiger charge is -2.19. The standard InChI is InChI=1S/C17H28N2O2/c1-3-20-17(21-4-2)11-12-18-15-7-9-16(10-8-15)19-13-5-6-14-19/h7-10,17-18H,3-6,11-14H2,1-2H3. The number of nitrogens with zero attached hydrogens (tertiary/aromatic N) is 1. The lowest BCUT2D eigenvalue weighted by atomic mass is 10.2. The largest absolute Gasteiger partial charge is 0.385 e. The first-order valence-electron chi connectivity index (χ1n) is 8.15. The molecule has 0 spiro atoms. The van der Waals surface area contributed by atoms with Crippen LogP contribution in [0.2, 0.25) is 0 Å². The number of ether oxygens (including phenoxy) is 2. The van der Waals surface area contributed by atoms with Crippen LogP contribution < -0.4 is 10.2 Å². The zero-order chi connectivity index (χ0) is 14.9. The molecule has 1 aliphatic heterocycles. The van der Waals surface area contributed by atoms with Crippen LogP contribution in [0, 0.1) is 0 Å². The molecule has 1 aromatic rings. The van der Waals surface area contributed by atoms with E-state index in [0.717, 1.165) is 18.7 Å². The van der Waals surface area contributed by atoms with Gasteiger partial charge in [0.2, 0.25) is 0 Å². The van der Waals surface area contributed by atoms with Crippen molar-refractivity contribution in [1.82, 2.24) is 0 Å². The van der Waals surface area contributed by atoms with Gasteiger partial charge in [-0.25, -0.2) is 0 Å². The Hall–Kier alpha value is -1.26. The van der Waals surface area contributed by atoms with Gasteiger partial charge in [0.1, 0.15) is 0 Å². The Kier molecular flexibility index (Phi) is 6.83. The van der Waals surface area contributed by atoms with Crippen molar-refractivity contribution >= 4 is 11.4 Å². The van der Waals surface area contributed by atoms with Crippen molar-refractivity contribution < 1.29 is 9.47 Å². The Morgan fingerprint density at radius 3 is 2.24 bits per heavy atom. The van der Waals surface area contributed by atoms with E-state index in [4.69, 9.17) is 9.47 Å². The lowest BCUT2D eigenvalue weighted by molar-refractivity contribution is -0.137. The van der Waals surface area contributed by atoms with Crippen molar-refractivity contribution in [3.63, 3.8) is 0 Å². The Balaban J connectivity index is 1.75. The van der Waals surface area contributed by atoms with Gasteiger partial charge in [0.15, 0.2) is 6.29 Å². The molecule has 0 unspecified atom stereocenters. The first kappa shape index (κ1) is 16.1. The van der Waals surface area contributed by atoms with Crippen LogP contribution in [-0.4, -0.2) is 39.1 Å². The van der Waals surface area contributed by atoms with Gasteiger partial charge < -0.3 is 19.7 Å². The average molecular weight is 292 g/mol. The fraction of sp³-hybridized carbons (Fsp3) is 0.647. The average Bonchev–Trinajstić information content (AvgIpc) is 3.03. The van der Waals surface area contributed by atoms with Crippen LogP contribution in [0.4, 0.5) is 11.4 Å². The molecule has 0 aromatic heterocycles. The molecule has 118 valence electrons. The van der Waals surface area contributed by atoms with Crippen molar-refractivity contribution in [3.05, 3.63) is 24.3 Å². The summed E-state index contributed by atoms with van der Waals surface area (Å²) in [6, 6.07) is 8.72. The summed E-state index contributed by atoms with van der Waals surface area (Å²) in [6.07, 6.45) is 3.39. The minimum Gasteiger partial charge on any atom is -0.385 e. The Bertz CT molecular complexity index is 382. The first-order chi connectivity index (χ1) is 10.3. The van der Waals surface area contributed by atoms with E-state index in [1.165, 1.54) is 31.6 Å². The molecule has 2 rings (SSSR count). The molecule has 0 amide bonds. The molecule has 0 atom stereocenters. The second-order valence-corrected chi connectivity index (χ2v) is 5.30. The molecule has 0 radical (unpaired) electrons. The Morgan fingerprint density at radius 1 is 1.05 bits per heavy atom. The molecule has 1 N–H and O–H groups in total. The van der Waals surface area contributed by atoms with Gasteiger partial charge in [0.05, 0.1) is 0 Å². The maximum Gasteiger partial charge on any atom is 0.159 e. The number of rotatable bonds is 9. The van der Waals surface area contributed by atoms with E-state index in [2.05, 4.69) is 34.5 Å². The molecule has 1 aromatic carbocycles. The molecule has 21 heavy (non-hydrogen) atoms. The second kappa shape index (κ2) is 8.90. The van der Waals surface area contributed by atoms with E-state index >= 15 is 0 Å². The topological polar surface area (TPSA) is 33.7 Å². The van der Waals surface area contributed by atoms with Gasteiger partial charge in [0, 0.05) is 50.6 Å². The predicted molar refractivity (Wildman–Crippen MR) is 88.0 cm³/mol. The van der Waals surface area contributed by atoms with E-state index in [0.29, 0.717) is 13.2 Å². The summed E-state index contributed by atoms with van der Waals surface area (Å²) in [5.41, 5.74) is 2.49. The van der Waals surface area contributed by atoms with Crippen molar-refractivity contribution in [2.45, 2.75) is 39.4 Å². The third-order valence-corrected chi connectivity index (χ3v) is 3.75. The fourth-order valence-electron chi connectivity index (χ4n) is 2.69. The highest BCUT2D eigenvalue weighted by atomic mass is 16.7. The monoisotopic (exact) mass is 292 g/mol. The summed E-state index contributed by atoms with van der Waals surface area (Å²) in [5, 5.41) is 3.43. The van der Waals surface area contributed by atoms with Gasteiger partial charge >= 0.3 is 0 Å². The number of nitrogens with one attached hydrogen (secondary N) is 1. The number of hydrogen-bond acceptors (Lipinski definition) is 4. The molecule has 1 fully saturated rings. The van der Waals surface area contributed by atoms with Crippen molar-refractivity contribution in [1.29, 1.82) is 0 Å². The van der Waals surface area contributed by atoms with Crippen LogP contribution in [0.5, 0.6) is 0 Å². The van der Waals surface area contributed by atoms with Crippen molar-refractivity contribution in [2.24, 2.45) is 0 Å². The van der Waals surface area contributed by atoms with Crippen LogP contribution in [-0.2, 0) is 9.47 Å². The normalized spacial score (nSPS) is 14.9. The van der Waals surface area contributed by atoms with E-state index in [9.17, 15) is 0 Å². The molecular weight excluding hydrogens is 264 g/mol. The van der Waals surface area contributed by atoms with E-state index in [1.54, 1.807) is 0 Å². The molecule has 1 saturated heterocycles. The van der Waals surface area contributed by atoms with Crippen LogP contribution in [0.3, 0.4) is 0 Å². The Morgan fingerprint density at radius 2 is 1.67 bits per heavy atom. The third kappa shape index (κ3) is 5.21. The highest BCUT2D eigenvalue weighted by Crippen LogP contribution is 2.22. The van der Waals surface area contributed by atoms with E-state index in [-0.39, 0.29) is 6.29 Å². The first-order valence-corrected chi connectivity index (χ1v) is 8.15. The molecule has 1 aliphatic rings. The highest BCUT2D eigenvalue weighted by molar-refractivity contribution is 5.55.